The van der Waals surface area contributed by atoms with Gasteiger partial charge >= 0.3 is 5.51 Å². The third-order valence-corrected chi connectivity index (χ3v) is 3.32. The van der Waals surface area contributed by atoms with Crippen molar-refractivity contribution < 1.29 is 23.1 Å². The molecule has 0 fully saturated rings. The minimum atomic E-state index is -4.34. The Balaban J connectivity index is 2.79. The molecule has 0 spiro atoms. The van der Waals surface area contributed by atoms with Crippen LogP contribution in [0.1, 0.15) is 17.3 Å². The maximum Gasteiger partial charge on any atom is 0.446 e. The zero-order valence-electron chi connectivity index (χ0n) is 10.4. The van der Waals surface area contributed by atoms with Gasteiger partial charge < -0.3 is 10.0 Å². The Morgan fingerprint density at radius 1 is 1.37 bits per heavy atom. The highest BCUT2D eigenvalue weighted by atomic mass is 32.2. The van der Waals surface area contributed by atoms with Gasteiger partial charge in [0.1, 0.15) is 0 Å². The van der Waals surface area contributed by atoms with Crippen LogP contribution in [0, 0.1) is 0 Å². The van der Waals surface area contributed by atoms with Crippen LogP contribution in [0.2, 0.25) is 0 Å². The number of likely N-dealkylation sites (N-methyl/N-ethyl adjacent to an activating group) is 1. The summed E-state index contributed by atoms with van der Waals surface area (Å²) in [7, 11) is 1.53. The van der Waals surface area contributed by atoms with E-state index < -0.39 is 5.51 Å². The zero-order chi connectivity index (χ0) is 14.6. The van der Waals surface area contributed by atoms with Gasteiger partial charge in [-0.2, -0.15) is 13.2 Å². The van der Waals surface area contributed by atoms with Gasteiger partial charge in [-0.05, 0) is 43.0 Å². The molecule has 7 heteroatoms. The van der Waals surface area contributed by atoms with E-state index in [1.165, 1.54) is 36.2 Å². The molecule has 0 heterocycles. The number of rotatable bonds is 4. The van der Waals surface area contributed by atoms with Crippen molar-refractivity contribution >= 4 is 17.7 Å². The maximum absolute atomic E-state index is 12.1. The van der Waals surface area contributed by atoms with E-state index in [-0.39, 0.29) is 40.8 Å². The van der Waals surface area contributed by atoms with Gasteiger partial charge in [0, 0.05) is 17.5 Å². The van der Waals surface area contributed by atoms with Crippen molar-refractivity contribution in [1.82, 2.24) is 4.90 Å². The van der Waals surface area contributed by atoms with Crippen LogP contribution < -0.4 is 0 Å². The fourth-order valence-corrected chi connectivity index (χ4v) is 1.86. The minimum absolute atomic E-state index is 0.0295. The SMILES string of the molecule is CC(CO)N(C)C(=O)c1ccc(SC(F)(F)F)cc1. The molecule has 1 N–H and O–H groups in total. The second-order valence-corrected chi connectivity index (χ2v) is 5.16. The molecule has 1 aromatic rings. The highest BCUT2D eigenvalue weighted by molar-refractivity contribution is 8.00. The summed E-state index contributed by atoms with van der Waals surface area (Å²) < 4.78 is 36.4. The average molecular weight is 293 g/mol. The van der Waals surface area contributed by atoms with E-state index in [4.69, 9.17) is 5.11 Å². The van der Waals surface area contributed by atoms with Gasteiger partial charge in [-0.1, -0.05) is 0 Å². The molecule has 0 saturated carbocycles. The second-order valence-electron chi connectivity index (χ2n) is 4.02. The Kier molecular flexibility index (Phi) is 5.25. The zero-order valence-corrected chi connectivity index (χ0v) is 11.3. The van der Waals surface area contributed by atoms with Crippen molar-refractivity contribution in [3.63, 3.8) is 0 Å². The van der Waals surface area contributed by atoms with E-state index >= 15 is 0 Å². The van der Waals surface area contributed by atoms with Gasteiger partial charge in [-0.3, -0.25) is 4.79 Å². The molecule has 1 atom stereocenters. The summed E-state index contributed by atoms with van der Waals surface area (Å²) in [6.45, 7) is 1.50. The number of amides is 1. The summed E-state index contributed by atoms with van der Waals surface area (Å²) in [5.41, 5.74) is -4.05. The first kappa shape index (κ1) is 15.8. The molecular formula is C12H14F3NO2S. The number of aliphatic hydroxyl groups is 1. The third-order valence-electron chi connectivity index (χ3n) is 2.58. The Hall–Kier alpha value is -1.21. The third kappa shape index (κ3) is 4.76. The molecule has 1 aromatic carbocycles. The van der Waals surface area contributed by atoms with Crippen LogP contribution in [0.4, 0.5) is 13.2 Å². The summed E-state index contributed by atoms with van der Waals surface area (Å²) in [6.07, 6.45) is 0. The lowest BCUT2D eigenvalue weighted by atomic mass is 10.2. The summed E-state index contributed by atoms with van der Waals surface area (Å²) in [5.74, 6) is -0.342. The molecule has 3 nitrogen and oxygen atoms in total. The first-order valence-electron chi connectivity index (χ1n) is 5.48. The van der Waals surface area contributed by atoms with E-state index in [1.54, 1.807) is 6.92 Å². The molecule has 0 radical (unpaired) electrons. The van der Waals surface area contributed by atoms with Crippen molar-refractivity contribution in [3.05, 3.63) is 29.8 Å². The molecule has 1 amide bonds. The van der Waals surface area contributed by atoms with Crippen LogP contribution in [0.25, 0.3) is 0 Å². The topological polar surface area (TPSA) is 40.5 Å². The van der Waals surface area contributed by atoms with E-state index in [9.17, 15) is 18.0 Å². The molecule has 1 unspecified atom stereocenters. The van der Waals surface area contributed by atoms with Gasteiger partial charge in [0.25, 0.3) is 5.91 Å². The summed E-state index contributed by atoms with van der Waals surface area (Å²) in [6, 6.07) is 4.84. The molecule has 1 rings (SSSR count). The van der Waals surface area contributed by atoms with Gasteiger partial charge in [-0.25, -0.2) is 0 Å². The predicted molar refractivity (Wildman–Crippen MR) is 67.0 cm³/mol. The van der Waals surface area contributed by atoms with Crippen LogP contribution in [-0.4, -0.2) is 41.1 Å². The fraction of sp³-hybridized carbons (Fsp3) is 0.417. The maximum atomic E-state index is 12.1. The lowest BCUT2D eigenvalue weighted by molar-refractivity contribution is -0.0328. The standard InChI is InChI=1S/C12H14F3NO2S/c1-8(7-17)16(2)11(18)9-3-5-10(6-4-9)19-12(13,14)15/h3-6,8,17H,7H2,1-2H3. The van der Waals surface area contributed by atoms with E-state index in [0.29, 0.717) is 0 Å². The Morgan fingerprint density at radius 3 is 2.32 bits per heavy atom. The number of aliphatic hydroxyl groups excluding tert-OH is 1. The highest BCUT2D eigenvalue weighted by Crippen LogP contribution is 2.36. The summed E-state index contributed by atoms with van der Waals surface area (Å²) in [5, 5.41) is 8.95. The number of nitrogens with zero attached hydrogens (tertiary/aromatic N) is 1. The second kappa shape index (κ2) is 6.29. The largest absolute Gasteiger partial charge is 0.446 e. The molecule has 0 aromatic heterocycles. The predicted octanol–water partition coefficient (Wildman–Crippen LogP) is 2.75. The van der Waals surface area contributed by atoms with Crippen molar-refractivity contribution in [2.45, 2.75) is 23.4 Å². The Morgan fingerprint density at radius 2 is 1.89 bits per heavy atom. The molecule has 0 aliphatic heterocycles. The number of halogens is 3. The Labute approximate surface area is 113 Å². The van der Waals surface area contributed by atoms with Gasteiger partial charge in [0.2, 0.25) is 0 Å². The van der Waals surface area contributed by atoms with Crippen LogP contribution in [0.15, 0.2) is 29.2 Å². The number of hydrogen-bond donors (Lipinski definition) is 1. The number of thioether (sulfide) groups is 1. The quantitative estimate of drug-likeness (QED) is 0.868. The van der Waals surface area contributed by atoms with Crippen LogP contribution in [-0.2, 0) is 0 Å². The lowest BCUT2D eigenvalue weighted by Crippen LogP contribution is -2.37. The molecule has 106 valence electrons. The fourth-order valence-electron chi connectivity index (χ4n) is 1.33. The van der Waals surface area contributed by atoms with Crippen LogP contribution in [0.5, 0.6) is 0 Å². The van der Waals surface area contributed by atoms with E-state index in [1.807, 2.05) is 0 Å². The van der Waals surface area contributed by atoms with E-state index in [2.05, 4.69) is 0 Å². The summed E-state index contributed by atoms with van der Waals surface area (Å²) in [4.78, 5) is 13.3. The van der Waals surface area contributed by atoms with Crippen LogP contribution >= 0.6 is 11.8 Å². The van der Waals surface area contributed by atoms with Gasteiger partial charge in [-0.15, -0.1) is 0 Å². The molecular weight excluding hydrogens is 279 g/mol. The molecule has 19 heavy (non-hydrogen) atoms. The number of hydrogen-bond acceptors (Lipinski definition) is 3. The number of carbonyl (C=O) groups excluding carboxylic acids is 1. The van der Waals surface area contributed by atoms with Crippen molar-refractivity contribution in [2.75, 3.05) is 13.7 Å². The number of alkyl halides is 3. The van der Waals surface area contributed by atoms with Crippen molar-refractivity contribution in [1.29, 1.82) is 0 Å². The number of benzene rings is 1. The summed E-state index contributed by atoms with van der Waals surface area (Å²) >= 11 is -0.225. The lowest BCUT2D eigenvalue weighted by Gasteiger charge is -2.23. The Bertz CT molecular complexity index is 434. The first-order chi connectivity index (χ1) is 8.74. The minimum Gasteiger partial charge on any atom is -0.394 e. The molecule has 0 saturated heterocycles. The molecule has 0 aliphatic rings. The molecule has 0 bridgehead atoms. The van der Waals surface area contributed by atoms with Gasteiger partial charge in [0.05, 0.1) is 12.6 Å². The number of carbonyl (C=O) groups is 1. The first-order valence-corrected chi connectivity index (χ1v) is 6.30. The van der Waals surface area contributed by atoms with Crippen molar-refractivity contribution in [3.8, 4) is 0 Å². The van der Waals surface area contributed by atoms with Crippen molar-refractivity contribution in [2.24, 2.45) is 0 Å². The average Bonchev–Trinajstić information content (AvgIpc) is 2.35. The van der Waals surface area contributed by atoms with E-state index in [0.717, 1.165) is 0 Å². The normalized spacial score (nSPS) is 13.2. The van der Waals surface area contributed by atoms with Crippen LogP contribution in [0.3, 0.4) is 0 Å². The molecule has 0 aliphatic carbocycles. The van der Waals surface area contributed by atoms with Gasteiger partial charge in [0.15, 0.2) is 0 Å². The monoisotopic (exact) mass is 293 g/mol. The smallest absolute Gasteiger partial charge is 0.394 e. The highest BCUT2D eigenvalue weighted by Gasteiger charge is 2.29.